The molecular formula is C22H29FN2O4. The van der Waals surface area contributed by atoms with Crippen LogP contribution in [0.15, 0.2) is 48.5 Å². The quantitative estimate of drug-likeness (QED) is 0.657. The Morgan fingerprint density at radius 2 is 1.76 bits per heavy atom. The van der Waals surface area contributed by atoms with Crippen LogP contribution in [0.5, 0.6) is 5.75 Å². The molecule has 2 aromatic carbocycles. The van der Waals surface area contributed by atoms with Crippen LogP contribution in [0.4, 0.5) is 14.9 Å². The molecule has 2 aromatic rings. The highest BCUT2D eigenvalue weighted by Gasteiger charge is 2.24. The van der Waals surface area contributed by atoms with Gasteiger partial charge in [-0.2, -0.15) is 0 Å². The summed E-state index contributed by atoms with van der Waals surface area (Å²) >= 11 is 0. The van der Waals surface area contributed by atoms with Crippen LogP contribution in [0, 0.1) is 5.82 Å². The van der Waals surface area contributed by atoms with Crippen molar-refractivity contribution in [3.05, 3.63) is 59.9 Å². The van der Waals surface area contributed by atoms with Crippen LogP contribution < -0.4 is 10.5 Å². The van der Waals surface area contributed by atoms with Gasteiger partial charge in [-0.15, -0.1) is 0 Å². The van der Waals surface area contributed by atoms with Crippen molar-refractivity contribution in [3.63, 3.8) is 0 Å². The van der Waals surface area contributed by atoms with Crippen molar-refractivity contribution >= 4 is 11.8 Å². The Morgan fingerprint density at radius 1 is 1.14 bits per heavy atom. The lowest BCUT2D eigenvalue weighted by Crippen LogP contribution is -2.43. The first-order chi connectivity index (χ1) is 13.6. The molecule has 7 heteroatoms. The number of carbonyl (C=O) groups excluding carboxylic acids is 1. The molecule has 3 N–H and O–H groups in total. The van der Waals surface area contributed by atoms with Crippen molar-refractivity contribution in [2.24, 2.45) is 0 Å². The second-order valence-corrected chi connectivity index (χ2v) is 7.84. The molecule has 0 heterocycles. The van der Waals surface area contributed by atoms with Crippen LogP contribution in [0.25, 0.3) is 0 Å². The summed E-state index contributed by atoms with van der Waals surface area (Å²) in [7, 11) is 0. The average molecular weight is 404 g/mol. The molecule has 0 aliphatic carbocycles. The number of rotatable bonds is 8. The smallest absolute Gasteiger partial charge is 0.410 e. The van der Waals surface area contributed by atoms with Crippen molar-refractivity contribution in [2.45, 2.75) is 38.9 Å². The number of hydrogen-bond donors (Lipinski definition) is 2. The summed E-state index contributed by atoms with van der Waals surface area (Å²) in [6.45, 7) is 5.75. The number of benzene rings is 2. The third-order valence-corrected chi connectivity index (χ3v) is 3.99. The Bertz CT molecular complexity index is 773. The molecule has 0 aliphatic rings. The fraction of sp³-hybridized carbons (Fsp3) is 0.409. The Kier molecular flexibility index (Phi) is 7.84. The SMILES string of the molecule is CC(C)(C)OC(=O)N(CCc1ccc(N)cc1)C[C@H](O)COc1ccc(F)cc1. The Hall–Kier alpha value is -2.80. The molecule has 0 aliphatic heterocycles. The van der Waals surface area contributed by atoms with Gasteiger partial charge < -0.3 is 25.2 Å². The van der Waals surface area contributed by atoms with Gasteiger partial charge in [-0.05, 0) is 69.2 Å². The van der Waals surface area contributed by atoms with E-state index in [0.717, 1.165) is 5.56 Å². The maximum atomic E-state index is 13.0. The van der Waals surface area contributed by atoms with Crippen molar-refractivity contribution in [3.8, 4) is 5.75 Å². The minimum absolute atomic E-state index is 0.0349. The minimum atomic E-state index is -0.931. The van der Waals surface area contributed by atoms with E-state index in [-0.39, 0.29) is 19.0 Å². The van der Waals surface area contributed by atoms with Gasteiger partial charge >= 0.3 is 6.09 Å². The first-order valence-electron chi connectivity index (χ1n) is 9.51. The Balaban J connectivity index is 1.96. The van der Waals surface area contributed by atoms with E-state index in [2.05, 4.69) is 0 Å². The molecular weight excluding hydrogens is 375 g/mol. The van der Waals surface area contributed by atoms with E-state index >= 15 is 0 Å². The van der Waals surface area contributed by atoms with Gasteiger partial charge in [0.1, 0.15) is 29.9 Å². The Morgan fingerprint density at radius 3 is 2.34 bits per heavy atom. The number of aliphatic hydroxyl groups excluding tert-OH is 1. The van der Waals surface area contributed by atoms with Crippen molar-refractivity contribution in [2.75, 3.05) is 25.4 Å². The second kappa shape index (κ2) is 10.1. The maximum absolute atomic E-state index is 13.0. The van der Waals surface area contributed by atoms with Gasteiger partial charge in [-0.25, -0.2) is 9.18 Å². The summed E-state index contributed by atoms with van der Waals surface area (Å²) in [6.07, 6.45) is -0.849. The van der Waals surface area contributed by atoms with Crippen LogP contribution in [0.2, 0.25) is 0 Å². The normalized spacial score (nSPS) is 12.3. The van der Waals surface area contributed by atoms with Crippen LogP contribution in [-0.2, 0) is 11.2 Å². The van der Waals surface area contributed by atoms with Crippen molar-refractivity contribution < 1.29 is 23.8 Å². The van der Waals surface area contributed by atoms with Gasteiger partial charge in [0.15, 0.2) is 0 Å². The molecule has 158 valence electrons. The molecule has 6 nitrogen and oxygen atoms in total. The van der Waals surface area contributed by atoms with Gasteiger partial charge in [0.05, 0.1) is 6.54 Å². The molecule has 0 aromatic heterocycles. The number of ether oxygens (including phenoxy) is 2. The van der Waals surface area contributed by atoms with Crippen LogP contribution in [-0.4, -0.2) is 47.5 Å². The zero-order valence-corrected chi connectivity index (χ0v) is 17.1. The van der Waals surface area contributed by atoms with Gasteiger partial charge in [-0.3, -0.25) is 0 Å². The number of aliphatic hydroxyl groups is 1. The number of carbonyl (C=O) groups is 1. The molecule has 0 saturated heterocycles. The molecule has 0 unspecified atom stereocenters. The number of halogens is 1. The zero-order chi connectivity index (χ0) is 21.4. The highest BCUT2D eigenvalue weighted by Crippen LogP contribution is 2.14. The van der Waals surface area contributed by atoms with Gasteiger partial charge in [0.2, 0.25) is 0 Å². The summed E-state index contributed by atoms with van der Waals surface area (Å²) in [5.41, 5.74) is 6.75. The molecule has 0 radical (unpaired) electrons. The molecule has 0 saturated carbocycles. The highest BCUT2D eigenvalue weighted by molar-refractivity contribution is 5.68. The van der Waals surface area contributed by atoms with Crippen molar-refractivity contribution in [1.82, 2.24) is 4.90 Å². The standard InChI is InChI=1S/C22H29FN2O4/c1-22(2,3)29-21(27)25(13-12-16-4-8-18(24)9-5-16)14-19(26)15-28-20-10-6-17(23)7-11-20/h4-11,19,26H,12-15,24H2,1-3H3/t19-/m0/s1. The molecule has 1 amide bonds. The molecule has 0 bridgehead atoms. The number of hydrogen-bond acceptors (Lipinski definition) is 5. The van der Waals surface area contributed by atoms with E-state index in [1.165, 1.54) is 29.2 Å². The van der Waals surface area contributed by atoms with E-state index in [4.69, 9.17) is 15.2 Å². The first-order valence-corrected chi connectivity index (χ1v) is 9.51. The fourth-order valence-corrected chi connectivity index (χ4v) is 2.56. The zero-order valence-electron chi connectivity index (χ0n) is 17.1. The fourth-order valence-electron chi connectivity index (χ4n) is 2.56. The van der Waals surface area contributed by atoms with Gasteiger partial charge in [0, 0.05) is 12.2 Å². The van der Waals surface area contributed by atoms with E-state index < -0.39 is 17.8 Å². The first kappa shape index (κ1) is 22.5. The lowest BCUT2D eigenvalue weighted by Gasteiger charge is -2.29. The number of nitrogens with two attached hydrogens (primary N) is 1. The maximum Gasteiger partial charge on any atom is 0.410 e. The van der Waals surface area contributed by atoms with E-state index in [1.54, 1.807) is 32.9 Å². The second-order valence-electron chi connectivity index (χ2n) is 7.84. The Labute approximate surface area is 171 Å². The predicted molar refractivity (Wildman–Crippen MR) is 110 cm³/mol. The number of nitrogen functional groups attached to an aromatic ring is 1. The van der Waals surface area contributed by atoms with Gasteiger partial charge in [-0.1, -0.05) is 12.1 Å². The summed E-state index contributed by atoms with van der Waals surface area (Å²) in [5.74, 6) is 0.0767. The van der Waals surface area contributed by atoms with E-state index in [9.17, 15) is 14.3 Å². The van der Waals surface area contributed by atoms with Gasteiger partial charge in [0.25, 0.3) is 0 Å². The van der Waals surface area contributed by atoms with Crippen LogP contribution >= 0.6 is 0 Å². The van der Waals surface area contributed by atoms with E-state index in [1.807, 2.05) is 12.1 Å². The third kappa shape index (κ3) is 8.39. The number of amides is 1. The van der Waals surface area contributed by atoms with Crippen LogP contribution in [0.3, 0.4) is 0 Å². The molecule has 1 atom stereocenters. The topological polar surface area (TPSA) is 85.0 Å². The highest BCUT2D eigenvalue weighted by atomic mass is 19.1. The lowest BCUT2D eigenvalue weighted by molar-refractivity contribution is 0.00944. The number of nitrogens with zero attached hydrogens (tertiary/aromatic N) is 1. The third-order valence-electron chi connectivity index (χ3n) is 3.99. The monoisotopic (exact) mass is 404 g/mol. The molecule has 0 spiro atoms. The lowest BCUT2D eigenvalue weighted by atomic mass is 10.1. The van der Waals surface area contributed by atoms with E-state index in [0.29, 0.717) is 24.4 Å². The largest absolute Gasteiger partial charge is 0.491 e. The predicted octanol–water partition coefficient (Wildman–Crippen LogP) is 3.63. The summed E-state index contributed by atoms with van der Waals surface area (Å²) in [5, 5.41) is 10.4. The molecule has 29 heavy (non-hydrogen) atoms. The molecule has 0 fully saturated rings. The summed E-state index contributed by atoms with van der Waals surface area (Å²) < 4.78 is 23.9. The average Bonchev–Trinajstić information content (AvgIpc) is 2.64. The minimum Gasteiger partial charge on any atom is -0.491 e. The molecule has 2 rings (SSSR count). The number of anilines is 1. The summed E-state index contributed by atoms with van der Waals surface area (Å²) in [6, 6.07) is 12.9. The summed E-state index contributed by atoms with van der Waals surface area (Å²) in [4.78, 5) is 14.0. The van der Waals surface area contributed by atoms with Crippen LogP contribution in [0.1, 0.15) is 26.3 Å². The van der Waals surface area contributed by atoms with Crippen molar-refractivity contribution in [1.29, 1.82) is 0 Å².